The first kappa shape index (κ1) is 24.6. The van der Waals surface area contributed by atoms with Crippen molar-refractivity contribution >= 4 is 22.4 Å². The Kier molecular flexibility index (Phi) is 7.27. The molecule has 1 spiro atoms. The Bertz CT molecular complexity index is 1170. The number of hydrogen-bond donors (Lipinski definition) is 1. The molecule has 10 nitrogen and oxygen atoms in total. The molecule has 5 heterocycles. The number of nitrogens with one attached hydrogen (secondary N) is 1. The van der Waals surface area contributed by atoms with Crippen LogP contribution in [0.5, 0.6) is 6.01 Å². The van der Waals surface area contributed by atoms with E-state index in [0.717, 1.165) is 87.6 Å². The van der Waals surface area contributed by atoms with E-state index in [-0.39, 0.29) is 6.10 Å². The Morgan fingerprint density at radius 2 is 1.81 bits per heavy atom. The lowest BCUT2D eigenvalue weighted by atomic mass is 9.72. The van der Waals surface area contributed by atoms with Gasteiger partial charge in [-0.15, -0.1) is 0 Å². The van der Waals surface area contributed by atoms with Crippen LogP contribution in [0.1, 0.15) is 44.1 Å². The molecular weight excluding hydrogens is 490 g/mol. The molecule has 0 atom stereocenters. The SMILES string of the molecule is CN(Cc1cnc(Nc2ncc(-c3ccnc(OC4CCC5(CC4)COC5)n3)s2)nc1)C1CCOCC1. The van der Waals surface area contributed by atoms with Crippen molar-refractivity contribution in [3.8, 4) is 16.6 Å². The number of hydrogen-bond acceptors (Lipinski definition) is 11. The van der Waals surface area contributed by atoms with Gasteiger partial charge in [0.1, 0.15) is 6.10 Å². The van der Waals surface area contributed by atoms with Crippen LogP contribution < -0.4 is 10.1 Å². The normalized spacial score (nSPS) is 20.2. The summed E-state index contributed by atoms with van der Waals surface area (Å²) in [6.07, 6.45) is 13.9. The fourth-order valence-corrected chi connectivity index (χ4v) is 6.05. The zero-order valence-corrected chi connectivity index (χ0v) is 22.0. The summed E-state index contributed by atoms with van der Waals surface area (Å²) in [7, 11) is 2.15. The Balaban J connectivity index is 1.03. The highest BCUT2D eigenvalue weighted by Crippen LogP contribution is 2.43. The second-order valence-electron chi connectivity index (χ2n) is 10.4. The molecule has 2 saturated heterocycles. The summed E-state index contributed by atoms with van der Waals surface area (Å²) in [5.74, 6) is 0.525. The van der Waals surface area contributed by atoms with E-state index >= 15 is 0 Å². The van der Waals surface area contributed by atoms with Gasteiger partial charge in [-0.2, -0.15) is 4.98 Å². The maximum atomic E-state index is 6.13. The monoisotopic (exact) mass is 523 g/mol. The quantitative estimate of drug-likeness (QED) is 0.464. The molecule has 2 aliphatic heterocycles. The van der Waals surface area contributed by atoms with Crippen molar-refractivity contribution in [1.29, 1.82) is 0 Å². The molecule has 3 aromatic rings. The number of thiazole rings is 1. The molecule has 1 N–H and O–H groups in total. The first-order valence-corrected chi connectivity index (χ1v) is 13.9. The second-order valence-corrected chi connectivity index (χ2v) is 11.4. The Hall–Kier alpha value is -2.73. The minimum atomic E-state index is 0.164. The van der Waals surface area contributed by atoms with Crippen LogP contribution in [0.4, 0.5) is 11.1 Å². The minimum absolute atomic E-state index is 0.164. The van der Waals surface area contributed by atoms with Crippen LogP contribution in [0.25, 0.3) is 10.6 Å². The van der Waals surface area contributed by atoms with Crippen LogP contribution in [0.3, 0.4) is 0 Å². The van der Waals surface area contributed by atoms with E-state index in [2.05, 4.69) is 42.2 Å². The Morgan fingerprint density at radius 1 is 1.03 bits per heavy atom. The van der Waals surface area contributed by atoms with Gasteiger partial charge in [0.05, 0.1) is 23.8 Å². The lowest BCUT2D eigenvalue weighted by Crippen LogP contribution is -2.46. The summed E-state index contributed by atoms with van der Waals surface area (Å²) in [5.41, 5.74) is 2.28. The van der Waals surface area contributed by atoms with Gasteiger partial charge in [-0.3, -0.25) is 4.90 Å². The highest BCUT2D eigenvalue weighted by molar-refractivity contribution is 7.18. The van der Waals surface area contributed by atoms with Crippen molar-refractivity contribution in [1.82, 2.24) is 29.8 Å². The molecule has 0 aromatic carbocycles. The number of nitrogens with zero attached hydrogens (tertiary/aromatic N) is 6. The standard InChI is InChI=1S/C26H33N7O3S/c1-33(19-5-10-34-11-6-19)15-18-12-28-23(29-13-18)32-25-30-14-22(37-25)21-4-9-27-24(31-21)36-20-2-7-26(8-3-20)16-35-17-26/h4,9,12-14,19-20H,2-3,5-8,10-11,15-17H2,1H3,(H,28,29,30,32). The van der Waals surface area contributed by atoms with E-state index in [9.17, 15) is 0 Å². The summed E-state index contributed by atoms with van der Waals surface area (Å²) >= 11 is 1.50. The lowest BCUT2D eigenvalue weighted by Gasteiger charge is -2.45. The molecule has 3 aromatic heterocycles. The van der Waals surface area contributed by atoms with Crippen molar-refractivity contribution in [3.05, 3.63) is 36.4 Å². The van der Waals surface area contributed by atoms with Crippen LogP contribution in [0.2, 0.25) is 0 Å². The smallest absolute Gasteiger partial charge is 0.317 e. The first-order chi connectivity index (χ1) is 18.1. The van der Waals surface area contributed by atoms with Gasteiger partial charge in [-0.25, -0.2) is 19.9 Å². The van der Waals surface area contributed by atoms with Gasteiger partial charge in [0.15, 0.2) is 5.13 Å². The van der Waals surface area contributed by atoms with Gasteiger partial charge < -0.3 is 19.5 Å². The molecule has 1 aliphatic carbocycles. The number of aromatic nitrogens is 5. The van der Waals surface area contributed by atoms with Crippen molar-refractivity contribution < 1.29 is 14.2 Å². The number of rotatable bonds is 8. The van der Waals surface area contributed by atoms with E-state index in [4.69, 9.17) is 14.2 Å². The Morgan fingerprint density at radius 3 is 2.54 bits per heavy atom. The minimum Gasteiger partial charge on any atom is -0.460 e. The zero-order chi connectivity index (χ0) is 25.1. The summed E-state index contributed by atoms with van der Waals surface area (Å²) in [5, 5.41) is 3.92. The van der Waals surface area contributed by atoms with Crippen molar-refractivity contribution in [3.63, 3.8) is 0 Å². The van der Waals surface area contributed by atoms with Crippen molar-refractivity contribution in [2.45, 2.75) is 57.2 Å². The van der Waals surface area contributed by atoms with Crippen LogP contribution >= 0.6 is 11.3 Å². The van der Waals surface area contributed by atoms with Gasteiger partial charge in [0.2, 0.25) is 5.95 Å². The molecular formula is C26H33N7O3S. The van der Waals surface area contributed by atoms with E-state index in [1.807, 2.05) is 18.5 Å². The van der Waals surface area contributed by atoms with Gasteiger partial charge in [0.25, 0.3) is 0 Å². The maximum absolute atomic E-state index is 6.13. The molecule has 3 aliphatic rings. The summed E-state index contributed by atoms with van der Waals surface area (Å²) < 4.78 is 17.0. The second kappa shape index (κ2) is 10.9. The molecule has 1 saturated carbocycles. The molecule has 0 amide bonds. The van der Waals surface area contributed by atoms with Crippen LogP contribution in [-0.2, 0) is 16.0 Å². The average molecular weight is 524 g/mol. The molecule has 6 rings (SSSR count). The zero-order valence-electron chi connectivity index (χ0n) is 21.1. The topological polar surface area (TPSA) is 107 Å². The van der Waals surface area contributed by atoms with Crippen molar-refractivity contribution in [2.75, 3.05) is 38.8 Å². The summed E-state index contributed by atoms with van der Waals surface area (Å²) in [4.78, 5) is 25.8. The first-order valence-electron chi connectivity index (χ1n) is 13.0. The molecule has 11 heteroatoms. The Labute approximate surface area is 220 Å². The molecule has 0 radical (unpaired) electrons. The summed E-state index contributed by atoms with van der Waals surface area (Å²) in [6.45, 7) is 4.30. The van der Waals surface area contributed by atoms with E-state index < -0.39 is 0 Å². The number of ether oxygens (including phenoxy) is 3. The van der Waals surface area contributed by atoms with E-state index in [1.165, 1.54) is 11.3 Å². The molecule has 0 unspecified atom stereocenters. The molecule has 0 bridgehead atoms. The largest absolute Gasteiger partial charge is 0.460 e. The number of anilines is 2. The highest BCUT2D eigenvalue weighted by atomic mass is 32.1. The lowest BCUT2D eigenvalue weighted by molar-refractivity contribution is -0.140. The maximum Gasteiger partial charge on any atom is 0.317 e. The third kappa shape index (κ3) is 5.90. The van der Waals surface area contributed by atoms with E-state index in [0.29, 0.717) is 28.5 Å². The fourth-order valence-electron chi connectivity index (χ4n) is 5.27. The predicted octanol–water partition coefficient (Wildman–Crippen LogP) is 4.08. The molecule has 37 heavy (non-hydrogen) atoms. The van der Waals surface area contributed by atoms with Gasteiger partial charge in [-0.1, -0.05) is 11.3 Å². The summed E-state index contributed by atoms with van der Waals surface area (Å²) in [6, 6.07) is 2.85. The highest BCUT2D eigenvalue weighted by Gasteiger charge is 2.42. The van der Waals surface area contributed by atoms with Gasteiger partial charge >= 0.3 is 6.01 Å². The van der Waals surface area contributed by atoms with Gasteiger partial charge in [0, 0.05) is 61.6 Å². The van der Waals surface area contributed by atoms with Crippen LogP contribution in [0.15, 0.2) is 30.9 Å². The van der Waals surface area contributed by atoms with Gasteiger partial charge in [-0.05, 0) is 51.6 Å². The predicted molar refractivity (Wildman–Crippen MR) is 140 cm³/mol. The van der Waals surface area contributed by atoms with Crippen LogP contribution in [0, 0.1) is 5.41 Å². The third-order valence-corrected chi connectivity index (χ3v) is 8.58. The average Bonchev–Trinajstić information content (AvgIpc) is 3.39. The van der Waals surface area contributed by atoms with Crippen LogP contribution in [-0.4, -0.2) is 75.4 Å². The fraction of sp³-hybridized carbons (Fsp3) is 0.577. The van der Waals surface area contributed by atoms with Crippen molar-refractivity contribution in [2.24, 2.45) is 5.41 Å². The molecule has 3 fully saturated rings. The third-order valence-electron chi connectivity index (χ3n) is 7.64. The van der Waals surface area contributed by atoms with E-state index in [1.54, 1.807) is 12.4 Å². The molecule has 196 valence electrons.